The molecule has 1 atom stereocenters. The molecule has 104 valence electrons. The molecule has 18 heavy (non-hydrogen) atoms. The topological polar surface area (TPSA) is 91.8 Å². The summed E-state index contributed by atoms with van der Waals surface area (Å²) in [5, 5.41) is 9.03. The summed E-state index contributed by atoms with van der Waals surface area (Å²) in [6, 6.07) is 0. The predicted molar refractivity (Wildman–Crippen MR) is 65.9 cm³/mol. The molecule has 1 amide bonds. The fourth-order valence-electron chi connectivity index (χ4n) is 2.01. The molecule has 0 aromatic heterocycles. The van der Waals surface area contributed by atoms with Crippen LogP contribution in [-0.2, 0) is 19.4 Å². The van der Waals surface area contributed by atoms with E-state index in [4.69, 9.17) is 5.11 Å². The highest BCUT2D eigenvalue weighted by atomic mass is 32.2. The minimum Gasteiger partial charge on any atom is -0.481 e. The van der Waals surface area contributed by atoms with E-state index >= 15 is 0 Å². The molecule has 0 bridgehead atoms. The first-order valence-electron chi connectivity index (χ1n) is 5.92. The van der Waals surface area contributed by atoms with Gasteiger partial charge >= 0.3 is 5.97 Å². The minimum absolute atomic E-state index is 0.0111. The van der Waals surface area contributed by atoms with Crippen molar-refractivity contribution in [2.24, 2.45) is 5.41 Å². The number of carboxylic acids is 1. The van der Waals surface area contributed by atoms with E-state index in [1.807, 2.05) is 0 Å². The van der Waals surface area contributed by atoms with Crippen molar-refractivity contribution in [3.8, 4) is 0 Å². The molecule has 1 unspecified atom stereocenters. The van der Waals surface area contributed by atoms with Crippen LogP contribution in [0.5, 0.6) is 0 Å². The highest BCUT2D eigenvalue weighted by Crippen LogP contribution is 2.30. The summed E-state index contributed by atoms with van der Waals surface area (Å²) >= 11 is 0. The zero-order valence-electron chi connectivity index (χ0n) is 10.7. The lowest BCUT2D eigenvalue weighted by molar-refractivity contribution is -0.147. The number of sulfone groups is 1. The Labute approximate surface area is 107 Å². The van der Waals surface area contributed by atoms with Gasteiger partial charge in [0.05, 0.1) is 11.2 Å². The Morgan fingerprint density at radius 1 is 1.39 bits per heavy atom. The summed E-state index contributed by atoms with van der Waals surface area (Å²) in [4.78, 5) is 24.2. The molecule has 1 N–H and O–H groups in total. The van der Waals surface area contributed by atoms with Crippen LogP contribution in [0.3, 0.4) is 0 Å². The summed E-state index contributed by atoms with van der Waals surface area (Å²) < 4.78 is 23.1. The van der Waals surface area contributed by atoms with Gasteiger partial charge in [0.1, 0.15) is 5.75 Å². The molecule has 0 spiro atoms. The lowest BCUT2D eigenvalue weighted by atomic mass is 9.90. The Balaban J connectivity index is 2.64. The third kappa shape index (κ3) is 3.44. The third-order valence-corrected chi connectivity index (χ3v) is 4.92. The zero-order chi connectivity index (χ0) is 14.0. The number of nitrogens with zero attached hydrogens (tertiary/aromatic N) is 1. The van der Waals surface area contributed by atoms with Crippen LogP contribution in [0.15, 0.2) is 0 Å². The normalized spacial score (nSPS) is 24.2. The number of aliphatic carboxylic acids is 1. The van der Waals surface area contributed by atoms with E-state index in [0.717, 1.165) is 0 Å². The number of rotatable bonds is 5. The second-order valence-corrected chi connectivity index (χ2v) is 7.21. The Morgan fingerprint density at radius 3 is 2.44 bits per heavy atom. The molecule has 1 aliphatic rings. The van der Waals surface area contributed by atoms with Gasteiger partial charge in [0, 0.05) is 13.1 Å². The minimum atomic E-state index is -3.36. The molecule has 1 rings (SSSR count). The van der Waals surface area contributed by atoms with Crippen LogP contribution in [-0.4, -0.2) is 54.9 Å². The van der Waals surface area contributed by atoms with Crippen LogP contribution >= 0.6 is 0 Å². The van der Waals surface area contributed by atoms with Gasteiger partial charge in [-0.05, 0) is 19.8 Å². The molecule has 0 aromatic carbocycles. The Hall–Kier alpha value is -1.11. The maximum Gasteiger partial charge on any atom is 0.311 e. The highest BCUT2D eigenvalue weighted by molar-refractivity contribution is 7.92. The largest absolute Gasteiger partial charge is 0.481 e. The number of amides is 1. The van der Waals surface area contributed by atoms with E-state index in [0.29, 0.717) is 19.4 Å². The molecule has 0 saturated carbocycles. The number of hydrogen-bond donors (Lipinski definition) is 1. The van der Waals surface area contributed by atoms with Gasteiger partial charge in [-0.15, -0.1) is 0 Å². The molecule has 0 aromatic rings. The molecular formula is C11H19NO5S. The second-order valence-electron chi connectivity index (χ2n) is 5.02. The van der Waals surface area contributed by atoms with Crippen LogP contribution in [0.25, 0.3) is 0 Å². The monoisotopic (exact) mass is 277 g/mol. The van der Waals surface area contributed by atoms with Crippen LogP contribution < -0.4 is 0 Å². The number of likely N-dealkylation sites (tertiary alicyclic amines) is 1. The second kappa shape index (κ2) is 5.26. The first-order valence-corrected chi connectivity index (χ1v) is 7.74. The summed E-state index contributed by atoms with van der Waals surface area (Å²) in [6.45, 7) is 3.70. The van der Waals surface area contributed by atoms with E-state index in [-0.39, 0.29) is 12.3 Å². The summed E-state index contributed by atoms with van der Waals surface area (Å²) in [5.74, 6) is -1.97. The molecule has 6 nitrogen and oxygen atoms in total. The van der Waals surface area contributed by atoms with Gasteiger partial charge in [-0.2, -0.15) is 0 Å². The van der Waals surface area contributed by atoms with Gasteiger partial charge in [-0.3, -0.25) is 9.59 Å². The van der Waals surface area contributed by atoms with Crippen LogP contribution in [0.4, 0.5) is 0 Å². The molecule has 7 heteroatoms. The molecule has 0 aliphatic carbocycles. The maximum absolute atomic E-state index is 11.8. The van der Waals surface area contributed by atoms with Crippen LogP contribution in [0.1, 0.15) is 26.7 Å². The van der Waals surface area contributed by atoms with E-state index in [9.17, 15) is 18.0 Å². The predicted octanol–water partition coefficient (Wildman–Crippen LogP) is 0.134. The molecule has 1 fully saturated rings. The number of hydrogen-bond acceptors (Lipinski definition) is 4. The van der Waals surface area contributed by atoms with Crippen molar-refractivity contribution in [3.63, 3.8) is 0 Å². The van der Waals surface area contributed by atoms with Crippen molar-refractivity contribution < 1.29 is 23.1 Å². The van der Waals surface area contributed by atoms with E-state index in [1.165, 1.54) is 4.90 Å². The molecular weight excluding hydrogens is 258 g/mol. The van der Waals surface area contributed by atoms with Crippen molar-refractivity contribution in [1.82, 2.24) is 4.90 Å². The van der Waals surface area contributed by atoms with Gasteiger partial charge in [-0.1, -0.05) is 6.92 Å². The summed E-state index contributed by atoms with van der Waals surface area (Å²) in [5.41, 5.74) is -0.954. The van der Waals surface area contributed by atoms with E-state index < -0.39 is 32.9 Å². The van der Waals surface area contributed by atoms with Crippen molar-refractivity contribution >= 4 is 21.7 Å². The average molecular weight is 277 g/mol. The Bertz CT molecular complexity index is 444. The van der Waals surface area contributed by atoms with Crippen molar-refractivity contribution in [3.05, 3.63) is 0 Å². The molecule has 1 saturated heterocycles. The van der Waals surface area contributed by atoms with E-state index in [2.05, 4.69) is 0 Å². The first-order chi connectivity index (χ1) is 8.20. The quantitative estimate of drug-likeness (QED) is 0.771. The number of carboxylic acid groups (broad SMARTS) is 1. The smallest absolute Gasteiger partial charge is 0.311 e. The first kappa shape index (κ1) is 14.9. The molecule has 1 aliphatic heterocycles. The van der Waals surface area contributed by atoms with Crippen molar-refractivity contribution in [2.75, 3.05) is 24.6 Å². The summed E-state index contributed by atoms with van der Waals surface area (Å²) in [7, 11) is -3.36. The van der Waals surface area contributed by atoms with Crippen molar-refractivity contribution in [2.45, 2.75) is 26.7 Å². The fraction of sp³-hybridized carbons (Fsp3) is 0.818. The number of carbonyl (C=O) groups excluding carboxylic acids is 1. The highest BCUT2D eigenvalue weighted by Gasteiger charge is 2.42. The average Bonchev–Trinajstić information content (AvgIpc) is 2.61. The SMILES string of the molecule is CCCS(=O)(=O)CC(=O)N1CCC(C)(C(=O)O)C1. The third-order valence-electron chi connectivity index (χ3n) is 3.20. The fourth-order valence-corrected chi connectivity index (χ4v) is 3.34. The Kier molecular flexibility index (Phi) is 4.37. The van der Waals surface area contributed by atoms with Crippen LogP contribution in [0, 0.1) is 5.41 Å². The number of carbonyl (C=O) groups is 2. The zero-order valence-corrected chi connectivity index (χ0v) is 11.5. The van der Waals surface area contributed by atoms with Gasteiger partial charge in [0.25, 0.3) is 0 Å². The van der Waals surface area contributed by atoms with Gasteiger partial charge in [0.2, 0.25) is 5.91 Å². The maximum atomic E-state index is 11.8. The lowest BCUT2D eigenvalue weighted by Crippen LogP contribution is -2.38. The van der Waals surface area contributed by atoms with Gasteiger partial charge in [0.15, 0.2) is 9.84 Å². The standard InChI is InChI=1S/C11H19NO5S/c1-3-6-18(16,17)7-9(13)12-5-4-11(2,8-12)10(14)15/h3-8H2,1-2H3,(H,14,15). The summed E-state index contributed by atoms with van der Waals surface area (Å²) in [6.07, 6.45) is 0.838. The molecule has 1 heterocycles. The van der Waals surface area contributed by atoms with Crippen molar-refractivity contribution in [1.29, 1.82) is 0 Å². The molecule has 0 radical (unpaired) electrons. The van der Waals surface area contributed by atoms with Crippen LogP contribution in [0.2, 0.25) is 0 Å². The van der Waals surface area contributed by atoms with Gasteiger partial charge < -0.3 is 10.0 Å². The Morgan fingerprint density at radius 2 is 2.00 bits per heavy atom. The lowest BCUT2D eigenvalue weighted by Gasteiger charge is -2.20. The van der Waals surface area contributed by atoms with Gasteiger partial charge in [-0.25, -0.2) is 8.42 Å². The van der Waals surface area contributed by atoms with E-state index in [1.54, 1.807) is 13.8 Å².